The van der Waals surface area contributed by atoms with Crippen molar-refractivity contribution in [2.24, 2.45) is 0 Å². The number of methoxy groups -OCH3 is 1. The number of nitrogens with zero attached hydrogens (tertiary/aromatic N) is 3. The van der Waals surface area contributed by atoms with E-state index in [4.69, 9.17) is 9.47 Å². The molecule has 6 heteroatoms. The summed E-state index contributed by atoms with van der Waals surface area (Å²) in [6.07, 6.45) is 4.35. The van der Waals surface area contributed by atoms with Gasteiger partial charge in [-0.2, -0.15) is 0 Å². The van der Waals surface area contributed by atoms with Gasteiger partial charge < -0.3 is 14.4 Å². The maximum Gasteiger partial charge on any atom is 0.259 e. The summed E-state index contributed by atoms with van der Waals surface area (Å²) in [5, 5.41) is 0. The van der Waals surface area contributed by atoms with Gasteiger partial charge in [-0.1, -0.05) is 30.3 Å². The molecule has 0 atom stereocenters. The van der Waals surface area contributed by atoms with E-state index in [1.807, 2.05) is 60.8 Å². The minimum Gasteiger partial charge on any atom is -0.493 e. The summed E-state index contributed by atoms with van der Waals surface area (Å²) in [6, 6.07) is 17.5. The first-order valence-corrected chi connectivity index (χ1v) is 11.1. The van der Waals surface area contributed by atoms with Gasteiger partial charge in [-0.15, -0.1) is 0 Å². The number of rotatable bonds is 7. The summed E-state index contributed by atoms with van der Waals surface area (Å²) in [4.78, 5) is 22.0. The Morgan fingerprint density at radius 1 is 1.00 bits per heavy atom. The zero-order valence-corrected chi connectivity index (χ0v) is 18.3. The lowest BCUT2D eigenvalue weighted by atomic mass is 10.1. The van der Waals surface area contributed by atoms with Crippen molar-refractivity contribution < 1.29 is 14.3 Å². The first-order valence-electron chi connectivity index (χ1n) is 11.1. The lowest BCUT2D eigenvalue weighted by Crippen LogP contribution is -2.25. The van der Waals surface area contributed by atoms with Gasteiger partial charge in [-0.3, -0.25) is 14.7 Å². The number of ether oxygens (including phenoxy) is 2. The Hall–Kier alpha value is -3.38. The van der Waals surface area contributed by atoms with E-state index < -0.39 is 0 Å². The summed E-state index contributed by atoms with van der Waals surface area (Å²) in [6.45, 7) is 4.34. The second-order valence-corrected chi connectivity index (χ2v) is 8.22. The molecule has 3 aromatic rings. The van der Waals surface area contributed by atoms with Crippen LogP contribution in [0.3, 0.4) is 0 Å². The van der Waals surface area contributed by atoms with Crippen LogP contribution in [0, 0.1) is 0 Å². The van der Waals surface area contributed by atoms with E-state index in [1.54, 1.807) is 12.0 Å². The molecule has 3 heterocycles. The number of benzene rings is 2. The molecule has 2 aromatic carbocycles. The molecule has 32 heavy (non-hydrogen) atoms. The lowest BCUT2D eigenvalue weighted by molar-refractivity contribution is 0.0996. The molecule has 0 bridgehead atoms. The molecule has 1 aromatic heterocycles. The zero-order chi connectivity index (χ0) is 21.9. The summed E-state index contributed by atoms with van der Waals surface area (Å²) < 4.78 is 11.5. The zero-order valence-electron chi connectivity index (χ0n) is 18.3. The Morgan fingerprint density at radius 2 is 1.81 bits per heavy atom. The standard InChI is InChI=1S/C26H27N3O3/c1-31-25-15-21(9-10-24(25)32-14-13-28-11-5-6-12-28)29-18-20-17-27-23(16-22(20)26(29)30)19-7-3-2-4-8-19/h2-4,7-10,15-17H,5-6,11-14,18H2,1H3. The van der Waals surface area contributed by atoms with E-state index in [1.165, 1.54) is 12.8 Å². The Morgan fingerprint density at radius 3 is 2.59 bits per heavy atom. The van der Waals surface area contributed by atoms with Gasteiger partial charge >= 0.3 is 0 Å². The number of pyridine rings is 1. The third-order valence-corrected chi connectivity index (χ3v) is 6.18. The number of carbonyl (C=O) groups excluding carboxylic acids is 1. The van der Waals surface area contributed by atoms with Gasteiger partial charge in [-0.25, -0.2) is 0 Å². The van der Waals surface area contributed by atoms with Crippen molar-refractivity contribution in [2.45, 2.75) is 19.4 Å². The summed E-state index contributed by atoms with van der Waals surface area (Å²) in [5.74, 6) is 1.31. The molecular weight excluding hydrogens is 402 g/mol. The molecule has 0 unspecified atom stereocenters. The van der Waals surface area contributed by atoms with Crippen LogP contribution in [0.15, 0.2) is 60.8 Å². The van der Waals surface area contributed by atoms with Crippen LogP contribution >= 0.6 is 0 Å². The number of carbonyl (C=O) groups is 1. The number of fused-ring (bicyclic) bond motifs is 1. The molecule has 1 amide bonds. The molecule has 0 saturated carbocycles. The fraction of sp³-hybridized carbons (Fsp3) is 0.308. The van der Waals surface area contributed by atoms with Crippen molar-refractivity contribution >= 4 is 11.6 Å². The molecule has 5 rings (SSSR count). The number of aromatic nitrogens is 1. The Balaban J connectivity index is 1.32. The number of amides is 1. The molecule has 0 spiro atoms. The van der Waals surface area contributed by atoms with Crippen LogP contribution in [0.1, 0.15) is 28.8 Å². The van der Waals surface area contributed by atoms with Gasteiger partial charge in [0.25, 0.3) is 5.91 Å². The molecule has 0 aliphatic carbocycles. The van der Waals surface area contributed by atoms with Crippen LogP contribution in [0.4, 0.5) is 5.69 Å². The van der Waals surface area contributed by atoms with E-state index in [0.29, 0.717) is 30.2 Å². The quantitative estimate of drug-likeness (QED) is 0.558. The predicted molar refractivity (Wildman–Crippen MR) is 124 cm³/mol. The fourth-order valence-corrected chi connectivity index (χ4v) is 4.41. The van der Waals surface area contributed by atoms with Crippen LogP contribution in [0.2, 0.25) is 0 Å². The average Bonchev–Trinajstić information content (AvgIpc) is 3.47. The molecule has 0 N–H and O–H groups in total. The number of anilines is 1. The molecule has 2 aliphatic rings. The molecule has 6 nitrogen and oxygen atoms in total. The highest BCUT2D eigenvalue weighted by Crippen LogP contribution is 2.36. The second-order valence-electron chi connectivity index (χ2n) is 8.22. The first-order chi connectivity index (χ1) is 15.7. The van der Waals surface area contributed by atoms with Crippen molar-refractivity contribution in [1.29, 1.82) is 0 Å². The van der Waals surface area contributed by atoms with Crippen LogP contribution in [0.25, 0.3) is 11.3 Å². The topological polar surface area (TPSA) is 54.9 Å². The van der Waals surface area contributed by atoms with Gasteiger partial charge in [0.15, 0.2) is 11.5 Å². The third-order valence-electron chi connectivity index (χ3n) is 6.18. The van der Waals surface area contributed by atoms with Crippen LogP contribution in [0.5, 0.6) is 11.5 Å². The smallest absolute Gasteiger partial charge is 0.259 e. The summed E-state index contributed by atoms with van der Waals surface area (Å²) >= 11 is 0. The van der Waals surface area contributed by atoms with E-state index >= 15 is 0 Å². The van der Waals surface area contributed by atoms with Crippen LogP contribution in [-0.2, 0) is 6.54 Å². The maximum atomic E-state index is 13.2. The van der Waals surface area contributed by atoms with Crippen LogP contribution in [-0.4, -0.2) is 49.1 Å². The van der Waals surface area contributed by atoms with Gasteiger partial charge in [0.1, 0.15) is 6.61 Å². The van der Waals surface area contributed by atoms with E-state index in [0.717, 1.165) is 42.1 Å². The lowest BCUT2D eigenvalue weighted by Gasteiger charge is -2.19. The second kappa shape index (κ2) is 9.01. The Bertz CT molecular complexity index is 1110. The summed E-state index contributed by atoms with van der Waals surface area (Å²) in [5.41, 5.74) is 4.22. The SMILES string of the molecule is COc1cc(N2Cc3cnc(-c4ccccc4)cc3C2=O)ccc1OCCN1CCCC1. The molecule has 164 valence electrons. The Kier molecular flexibility index (Phi) is 5.77. The molecule has 0 radical (unpaired) electrons. The maximum absolute atomic E-state index is 13.2. The highest BCUT2D eigenvalue weighted by Gasteiger charge is 2.30. The van der Waals surface area contributed by atoms with Crippen molar-refractivity contribution in [3.63, 3.8) is 0 Å². The molecule has 2 aliphatic heterocycles. The highest BCUT2D eigenvalue weighted by molar-refractivity contribution is 6.10. The fourth-order valence-electron chi connectivity index (χ4n) is 4.41. The van der Waals surface area contributed by atoms with Gasteiger partial charge in [0, 0.05) is 41.2 Å². The van der Waals surface area contributed by atoms with Gasteiger partial charge in [0.2, 0.25) is 0 Å². The predicted octanol–water partition coefficient (Wildman–Crippen LogP) is 4.39. The van der Waals surface area contributed by atoms with E-state index in [-0.39, 0.29) is 5.91 Å². The minimum atomic E-state index is -0.0238. The normalized spacial score (nSPS) is 15.8. The monoisotopic (exact) mass is 429 g/mol. The summed E-state index contributed by atoms with van der Waals surface area (Å²) in [7, 11) is 1.63. The Labute approximate surface area is 188 Å². The highest BCUT2D eigenvalue weighted by atomic mass is 16.5. The molecular formula is C26H27N3O3. The number of hydrogen-bond acceptors (Lipinski definition) is 5. The van der Waals surface area contributed by atoms with Crippen molar-refractivity contribution in [1.82, 2.24) is 9.88 Å². The number of hydrogen-bond donors (Lipinski definition) is 0. The van der Waals surface area contributed by atoms with E-state index in [9.17, 15) is 4.79 Å². The van der Waals surface area contributed by atoms with Crippen molar-refractivity contribution in [3.05, 3.63) is 71.9 Å². The third kappa shape index (κ3) is 4.06. The van der Waals surface area contributed by atoms with Crippen molar-refractivity contribution in [2.75, 3.05) is 38.3 Å². The number of likely N-dealkylation sites (tertiary alicyclic amines) is 1. The van der Waals surface area contributed by atoms with Gasteiger partial charge in [-0.05, 0) is 44.1 Å². The largest absolute Gasteiger partial charge is 0.493 e. The van der Waals surface area contributed by atoms with E-state index in [2.05, 4.69) is 9.88 Å². The molecule has 1 saturated heterocycles. The average molecular weight is 430 g/mol. The van der Waals surface area contributed by atoms with Crippen LogP contribution < -0.4 is 14.4 Å². The van der Waals surface area contributed by atoms with Crippen molar-refractivity contribution in [3.8, 4) is 22.8 Å². The molecule has 1 fully saturated rings. The first kappa shape index (κ1) is 20.5. The minimum absolute atomic E-state index is 0.0238. The van der Waals surface area contributed by atoms with Gasteiger partial charge in [0.05, 0.1) is 19.3 Å².